The largest absolute Gasteiger partial charge is 0.493 e. The maximum atomic E-state index is 13.4. The number of hydrogen-bond acceptors (Lipinski definition) is 5. The Morgan fingerprint density at radius 2 is 1.94 bits per heavy atom. The number of morpholine rings is 1. The van der Waals surface area contributed by atoms with Gasteiger partial charge in [-0.2, -0.15) is 0 Å². The van der Waals surface area contributed by atoms with E-state index in [1.165, 1.54) is 18.2 Å². The van der Waals surface area contributed by atoms with Gasteiger partial charge in [0, 0.05) is 25.7 Å². The van der Waals surface area contributed by atoms with E-state index in [4.69, 9.17) is 25.8 Å². The Hall–Kier alpha value is -2.61. The first kappa shape index (κ1) is 25.0. The first-order chi connectivity index (χ1) is 15.9. The Kier molecular flexibility index (Phi) is 9.11. The topological polar surface area (TPSA) is 60.0 Å². The number of halogens is 2. The molecule has 2 aromatic carbocycles. The van der Waals surface area contributed by atoms with Crippen LogP contribution in [0, 0.1) is 5.82 Å². The molecule has 1 aliphatic heterocycles. The fourth-order valence-corrected chi connectivity index (χ4v) is 3.91. The molecule has 1 fully saturated rings. The first-order valence-electron chi connectivity index (χ1n) is 10.9. The van der Waals surface area contributed by atoms with E-state index < -0.39 is 0 Å². The first-order valence-corrected chi connectivity index (χ1v) is 11.3. The van der Waals surface area contributed by atoms with Crippen molar-refractivity contribution in [1.82, 2.24) is 10.2 Å². The van der Waals surface area contributed by atoms with Crippen LogP contribution >= 0.6 is 11.6 Å². The van der Waals surface area contributed by atoms with Gasteiger partial charge in [-0.3, -0.25) is 9.69 Å². The lowest BCUT2D eigenvalue weighted by Gasteiger charge is -2.34. The average Bonchev–Trinajstić information content (AvgIpc) is 2.81. The third-order valence-electron chi connectivity index (χ3n) is 5.24. The quantitative estimate of drug-likeness (QED) is 0.541. The van der Waals surface area contributed by atoms with E-state index >= 15 is 0 Å². The lowest BCUT2D eigenvalue weighted by atomic mass is 10.0. The molecule has 0 aromatic heterocycles. The van der Waals surface area contributed by atoms with Crippen LogP contribution in [0.5, 0.6) is 11.5 Å². The smallest absolute Gasteiger partial charge is 0.244 e. The van der Waals surface area contributed by atoms with E-state index in [0.29, 0.717) is 41.8 Å². The van der Waals surface area contributed by atoms with Gasteiger partial charge in [0.2, 0.25) is 5.91 Å². The summed E-state index contributed by atoms with van der Waals surface area (Å²) in [6.45, 7) is 6.96. The van der Waals surface area contributed by atoms with Crippen molar-refractivity contribution in [2.24, 2.45) is 0 Å². The van der Waals surface area contributed by atoms with E-state index in [9.17, 15) is 9.18 Å². The second-order valence-corrected chi connectivity index (χ2v) is 8.40. The van der Waals surface area contributed by atoms with E-state index in [-0.39, 0.29) is 23.9 Å². The fourth-order valence-electron chi connectivity index (χ4n) is 3.65. The molecule has 1 N–H and O–H groups in total. The Bertz CT molecular complexity index is 960. The van der Waals surface area contributed by atoms with Gasteiger partial charge in [0.15, 0.2) is 11.5 Å². The summed E-state index contributed by atoms with van der Waals surface area (Å²) < 4.78 is 30.0. The maximum absolute atomic E-state index is 13.4. The van der Waals surface area contributed by atoms with E-state index in [1.54, 1.807) is 37.5 Å². The van der Waals surface area contributed by atoms with Crippen molar-refractivity contribution in [3.05, 3.63) is 64.4 Å². The van der Waals surface area contributed by atoms with Crippen LogP contribution in [-0.4, -0.2) is 56.9 Å². The monoisotopic (exact) mass is 476 g/mol. The minimum absolute atomic E-state index is 0.0518. The molecule has 1 heterocycles. The van der Waals surface area contributed by atoms with Crippen molar-refractivity contribution < 1.29 is 23.4 Å². The van der Waals surface area contributed by atoms with Crippen LogP contribution < -0.4 is 14.8 Å². The number of hydrogen-bond donors (Lipinski definition) is 1. The van der Waals surface area contributed by atoms with Gasteiger partial charge in [-0.25, -0.2) is 4.39 Å². The van der Waals surface area contributed by atoms with Gasteiger partial charge < -0.3 is 19.5 Å². The fraction of sp³-hybridized carbons (Fsp3) is 0.400. The molecule has 1 saturated heterocycles. The molecule has 0 bridgehead atoms. The number of rotatable bonds is 9. The second-order valence-electron chi connectivity index (χ2n) is 7.99. The molecule has 3 rings (SSSR count). The van der Waals surface area contributed by atoms with Gasteiger partial charge in [-0.05, 0) is 55.3 Å². The molecule has 0 saturated carbocycles. The van der Waals surface area contributed by atoms with Crippen molar-refractivity contribution in [2.75, 3.05) is 40.0 Å². The minimum Gasteiger partial charge on any atom is -0.493 e. The number of amides is 1. The van der Waals surface area contributed by atoms with Crippen LogP contribution in [0.4, 0.5) is 4.39 Å². The lowest BCUT2D eigenvalue weighted by Crippen LogP contribution is -2.43. The van der Waals surface area contributed by atoms with E-state index in [0.717, 1.165) is 18.7 Å². The van der Waals surface area contributed by atoms with Crippen molar-refractivity contribution in [3.8, 4) is 11.5 Å². The molecule has 33 heavy (non-hydrogen) atoms. The van der Waals surface area contributed by atoms with Crippen molar-refractivity contribution >= 4 is 23.6 Å². The Balaban J connectivity index is 1.68. The molecule has 0 spiro atoms. The van der Waals surface area contributed by atoms with Crippen LogP contribution in [0.25, 0.3) is 6.08 Å². The van der Waals surface area contributed by atoms with Gasteiger partial charge in [0.05, 0.1) is 37.5 Å². The zero-order valence-corrected chi connectivity index (χ0v) is 19.9. The minimum atomic E-state index is -0.287. The number of carbonyl (C=O) groups is 1. The van der Waals surface area contributed by atoms with Crippen molar-refractivity contribution in [1.29, 1.82) is 0 Å². The summed E-state index contributed by atoms with van der Waals surface area (Å²) in [6, 6.07) is 9.80. The molecular formula is C25H30ClFN2O4. The van der Waals surface area contributed by atoms with E-state index in [2.05, 4.69) is 10.2 Å². The third-order valence-corrected chi connectivity index (χ3v) is 5.52. The SMILES string of the molecule is COc1cc(/C=C/C(=O)NCC(c2ccc(F)cc2)N2CCOCC2)cc(Cl)c1OC(C)C. The van der Waals surface area contributed by atoms with Crippen LogP contribution in [0.15, 0.2) is 42.5 Å². The summed E-state index contributed by atoms with van der Waals surface area (Å²) in [7, 11) is 1.54. The molecule has 8 heteroatoms. The summed E-state index contributed by atoms with van der Waals surface area (Å²) in [5.74, 6) is 0.446. The highest BCUT2D eigenvalue weighted by atomic mass is 35.5. The lowest BCUT2D eigenvalue weighted by molar-refractivity contribution is -0.116. The van der Waals surface area contributed by atoms with Crippen LogP contribution in [0.3, 0.4) is 0 Å². The summed E-state index contributed by atoms with van der Waals surface area (Å²) >= 11 is 6.36. The number of ether oxygens (including phenoxy) is 3. The standard InChI is InChI=1S/C25H30ClFN2O4/c1-17(2)33-25-21(26)14-18(15-23(25)31-3)4-9-24(30)28-16-22(29-10-12-32-13-11-29)19-5-7-20(27)8-6-19/h4-9,14-15,17,22H,10-13,16H2,1-3H3,(H,28,30)/b9-4+. The Morgan fingerprint density at radius 3 is 2.58 bits per heavy atom. The molecule has 1 amide bonds. The molecular weight excluding hydrogens is 447 g/mol. The number of nitrogens with zero attached hydrogens (tertiary/aromatic N) is 1. The summed E-state index contributed by atoms with van der Waals surface area (Å²) in [5, 5.41) is 3.36. The normalized spacial score (nSPS) is 15.6. The van der Waals surface area contributed by atoms with Gasteiger partial charge >= 0.3 is 0 Å². The number of carbonyl (C=O) groups excluding carboxylic acids is 1. The Labute approximate surface area is 199 Å². The van der Waals surface area contributed by atoms with Crippen LogP contribution in [0.2, 0.25) is 5.02 Å². The molecule has 1 atom stereocenters. The predicted molar refractivity (Wildman–Crippen MR) is 127 cm³/mol. The molecule has 0 radical (unpaired) electrons. The summed E-state index contributed by atoms with van der Waals surface area (Å²) in [4.78, 5) is 14.8. The second kappa shape index (κ2) is 12.0. The molecule has 178 valence electrons. The molecule has 2 aromatic rings. The van der Waals surface area contributed by atoms with E-state index in [1.807, 2.05) is 13.8 Å². The Morgan fingerprint density at radius 1 is 1.24 bits per heavy atom. The molecule has 0 aliphatic carbocycles. The highest BCUT2D eigenvalue weighted by molar-refractivity contribution is 6.32. The third kappa shape index (κ3) is 7.19. The summed E-state index contributed by atoms with van der Waals surface area (Å²) in [6.07, 6.45) is 3.07. The van der Waals surface area contributed by atoms with Gasteiger partial charge in [-0.15, -0.1) is 0 Å². The highest BCUT2D eigenvalue weighted by Gasteiger charge is 2.23. The van der Waals surface area contributed by atoms with Gasteiger partial charge in [0.1, 0.15) is 5.82 Å². The zero-order valence-electron chi connectivity index (χ0n) is 19.1. The number of nitrogens with one attached hydrogen (secondary N) is 1. The van der Waals surface area contributed by atoms with Crippen LogP contribution in [0.1, 0.15) is 31.0 Å². The predicted octanol–water partition coefficient (Wildman–Crippen LogP) is 4.48. The van der Waals surface area contributed by atoms with Gasteiger partial charge in [0.25, 0.3) is 0 Å². The zero-order chi connectivity index (χ0) is 23.8. The van der Waals surface area contributed by atoms with Gasteiger partial charge in [-0.1, -0.05) is 23.7 Å². The maximum Gasteiger partial charge on any atom is 0.244 e. The molecule has 1 aliphatic rings. The van der Waals surface area contributed by atoms with Crippen molar-refractivity contribution in [2.45, 2.75) is 26.0 Å². The average molecular weight is 477 g/mol. The molecule has 6 nitrogen and oxygen atoms in total. The number of methoxy groups -OCH3 is 1. The molecule has 1 unspecified atom stereocenters. The van der Waals surface area contributed by atoms with Crippen molar-refractivity contribution in [3.63, 3.8) is 0 Å². The summed E-state index contributed by atoms with van der Waals surface area (Å²) in [5.41, 5.74) is 1.66. The number of benzene rings is 2. The highest BCUT2D eigenvalue weighted by Crippen LogP contribution is 2.37. The van der Waals surface area contributed by atoms with Crippen LogP contribution in [-0.2, 0) is 9.53 Å².